The number of carbonyl (C=O) groups excluding carboxylic acids is 6. The van der Waals surface area contributed by atoms with E-state index in [1.807, 2.05) is 54.6 Å². The van der Waals surface area contributed by atoms with Crippen LogP contribution in [0.2, 0.25) is 0 Å². The van der Waals surface area contributed by atoms with Gasteiger partial charge in [0.2, 0.25) is 0 Å². The molecule has 0 saturated heterocycles. The molecule has 108 heavy (non-hydrogen) atoms. The second-order valence-electron chi connectivity index (χ2n) is 31.5. The van der Waals surface area contributed by atoms with Crippen LogP contribution in [0.5, 0.6) is 40.2 Å². The Morgan fingerprint density at radius 2 is 0.435 bits per heavy atom. The summed E-state index contributed by atoms with van der Waals surface area (Å²) < 4.78 is 103. The van der Waals surface area contributed by atoms with Gasteiger partial charge in [-0.05, 0) is 254 Å². The number of esters is 6. The minimum absolute atomic E-state index is 0.115. The first-order valence-electron chi connectivity index (χ1n) is 35.1. The lowest BCUT2D eigenvalue weighted by Crippen LogP contribution is -2.27. The highest BCUT2D eigenvalue weighted by Gasteiger charge is 2.28. The molecule has 0 aliphatic rings. The SMILES string of the molecule is COc1ccc(-c2ccc(-c3ccc(-c4ccc(-c5ccc(-c6ccc(-c7ccc(-c8ccc(S(C)(=O)=O)cc8)c(OCC(=O)OC(C)(C)C)c7)cc6OCC(=O)OC(C)(C)C)c(OCC(=O)OC(C)(C)C)c5)cc4OCC(=O)OC(C)(C)C)c(OCC(=O)OC(C)(C)C)c3)cc2OCC(=O)OC(C)(C)C)cc1. The van der Waals surface area contributed by atoms with E-state index in [0.29, 0.717) is 83.8 Å². The third-order valence-electron chi connectivity index (χ3n) is 15.1. The van der Waals surface area contributed by atoms with Gasteiger partial charge in [-0.15, -0.1) is 0 Å². The molecule has 0 aliphatic carbocycles. The molecule has 22 heteroatoms. The van der Waals surface area contributed by atoms with Crippen molar-refractivity contribution >= 4 is 45.7 Å². The predicted molar refractivity (Wildman–Crippen MR) is 412 cm³/mol. The van der Waals surface area contributed by atoms with E-state index in [1.165, 1.54) is 12.1 Å². The summed E-state index contributed by atoms with van der Waals surface area (Å²) in [5.74, 6) is -1.83. The van der Waals surface area contributed by atoms with E-state index in [-0.39, 0.29) is 33.6 Å². The van der Waals surface area contributed by atoms with Crippen LogP contribution in [0.4, 0.5) is 0 Å². The van der Waals surface area contributed by atoms with Gasteiger partial charge < -0.3 is 61.6 Å². The van der Waals surface area contributed by atoms with E-state index in [2.05, 4.69) is 0 Å². The van der Waals surface area contributed by atoms with Crippen LogP contribution < -0.4 is 33.2 Å². The molecular formula is C86H98O21S. The number of carbonyl (C=O) groups is 6. The lowest BCUT2D eigenvalue weighted by molar-refractivity contribution is -0.158. The van der Waals surface area contributed by atoms with E-state index in [4.69, 9.17) is 61.6 Å². The molecule has 0 radical (unpaired) electrons. The van der Waals surface area contributed by atoms with Crippen molar-refractivity contribution in [1.82, 2.24) is 0 Å². The Morgan fingerprint density at radius 1 is 0.259 bits per heavy atom. The van der Waals surface area contributed by atoms with Gasteiger partial charge in [-0.2, -0.15) is 0 Å². The molecule has 0 amide bonds. The molecule has 0 atom stereocenters. The number of rotatable bonds is 27. The molecule has 0 bridgehead atoms. The molecule has 8 rings (SSSR count). The van der Waals surface area contributed by atoms with Crippen molar-refractivity contribution in [3.05, 3.63) is 158 Å². The number of hydrogen-bond donors (Lipinski definition) is 0. The number of methoxy groups -OCH3 is 1. The van der Waals surface area contributed by atoms with Gasteiger partial charge in [0.25, 0.3) is 0 Å². The molecule has 8 aromatic carbocycles. The summed E-state index contributed by atoms with van der Waals surface area (Å²) in [4.78, 5) is 80.7. The molecular weight excluding hydrogens is 1400 g/mol. The van der Waals surface area contributed by atoms with Gasteiger partial charge in [-0.1, -0.05) is 72.8 Å². The highest BCUT2D eigenvalue weighted by atomic mass is 32.2. The minimum atomic E-state index is -3.53. The van der Waals surface area contributed by atoms with Crippen molar-refractivity contribution in [2.24, 2.45) is 0 Å². The van der Waals surface area contributed by atoms with E-state index in [0.717, 1.165) is 11.8 Å². The number of ether oxygens (including phenoxy) is 13. The zero-order chi connectivity index (χ0) is 79.5. The van der Waals surface area contributed by atoms with Crippen LogP contribution in [0, 0.1) is 0 Å². The molecule has 574 valence electrons. The Hall–Kier alpha value is -10.9. The fourth-order valence-electron chi connectivity index (χ4n) is 11.0. The van der Waals surface area contributed by atoms with Crippen molar-refractivity contribution in [3.63, 3.8) is 0 Å². The molecule has 0 unspecified atom stereocenters. The van der Waals surface area contributed by atoms with Crippen LogP contribution in [0.1, 0.15) is 125 Å². The molecule has 0 aliphatic heterocycles. The summed E-state index contributed by atoms with van der Waals surface area (Å²) in [5, 5.41) is 0. The summed E-state index contributed by atoms with van der Waals surface area (Å²) in [6.07, 6.45) is 1.12. The predicted octanol–water partition coefficient (Wildman–Crippen LogP) is 17.1. The average Bonchev–Trinajstić information content (AvgIpc) is 0.782. The zero-order valence-electron chi connectivity index (χ0n) is 65.2. The summed E-state index contributed by atoms with van der Waals surface area (Å²) in [5.41, 5.74) is 2.70. The molecule has 8 aromatic rings. The van der Waals surface area contributed by atoms with Crippen LogP contribution in [-0.2, 0) is 67.0 Å². The van der Waals surface area contributed by atoms with Crippen molar-refractivity contribution in [2.75, 3.05) is 53.0 Å². The average molecular weight is 1500 g/mol. The highest BCUT2D eigenvalue weighted by Crippen LogP contribution is 2.46. The zero-order valence-corrected chi connectivity index (χ0v) is 66.1. The van der Waals surface area contributed by atoms with Gasteiger partial charge >= 0.3 is 35.8 Å². The minimum Gasteiger partial charge on any atom is -0.497 e. The maximum Gasteiger partial charge on any atom is 0.344 e. The van der Waals surface area contributed by atoms with E-state index >= 15 is 0 Å². The summed E-state index contributed by atoms with van der Waals surface area (Å²) in [6.45, 7) is 28.4. The molecule has 0 aromatic heterocycles. The lowest BCUT2D eigenvalue weighted by atomic mass is 9.93. The number of hydrogen-bond acceptors (Lipinski definition) is 21. The summed E-state index contributed by atoms with van der Waals surface area (Å²) >= 11 is 0. The van der Waals surface area contributed by atoms with Gasteiger partial charge in [0.15, 0.2) is 49.5 Å². The molecule has 0 heterocycles. The van der Waals surface area contributed by atoms with E-state index < -0.39 is 119 Å². The lowest BCUT2D eigenvalue weighted by Gasteiger charge is -2.22. The highest BCUT2D eigenvalue weighted by molar-refractivity contribution is 7.90. The number of sulfone groups is 1. The normalized spacial score (nSPS) is 12.0. The third-order valence-corrected chi connectivity index (χ3v) is 16.2. The monoisotopic (exact) mass is 1500 g/mol. The first-order chi connectivity index (χ1) is 50.2. The van der Waals surface area contributed by atoms with Gasteiger partial charge in [0.1, 0.15) is 73.9 Å². The van der Waals surface area contributed by atoms with Crippen LogP contribution in [0.3, 0.4) is 0 Å². The Balaban J connectivity index is 1.28. The Labute approximate surface area is 633 Å². The van der Waals surface area contributed by atoms with Gasteiger partial charge in [-0.3, -0.25) is 0 Å². The molecule has 0 saturated carbocycles. The Kier molecular flexibility index (Phi) is 26.0. The Bertz CT molecular complexity index is 4700. The summed E-state index contributed by atoms with van der Waals surface area (Å²) in [7, 11) is -1.95. The Morgan fingerprint density at radius 3 is 0.620 bits per heavy atom. The van der Waals surface area contributed by atoms with Gasteiger partial charge in [0.05, 0.1) is 12.0 Å². The standard InChI is InChI=1S/C86H98O21S/c1-81(2,3)102-75(87)47-96-69-41-55(25-35-63(69)53-21-31-61(95-19)32-22-53)57-27-37-65(71(43-57)98-49-77(89)104-83(7,8)9)67-39-29-59(45-73(67)100-51-79(91)106-85(13,14)15)60-30-40-68(74(46-60)101-52-80(92)107-86(16,17)18)66-38-28-58(44-72(66)99-50-78(90)105-84(10,11)12)56-26-36-64(54-23-33-62(34-24-54)108(20,93)94)70(42-56)97-48-76(88)103-82(4,5)6/h21-46H,47-52H2,1-20H3. The van der Waals surface area contributed by atoms with Crippen molar-refractivity contribution in [3.8, 4) is 118 Å². The maximum absolute atomic E-state index is 13.6. The second-order valence-corrected chi connectivity index (χ2v) is 33.6. The largest absolute Gasteiger partial charge is 0.497 e. The van der Waals surface area contributed by atoms with Gasteiger partial charge in [0, 0.05) is 39.6 Å². The molecule has 0 N–H and O–H groups in total. The van der Waals surface area contributed by atoms with Crippen LogP contribution in [-0.4, -0.2) is 131 Å². The third kappa shape index (κ3) is 25.1. The van der Waals surface area contributed by atoms with Crippen molar-refractivity contribution in [1.29, 1.82) is 0 Å². The quantitative estimate of drug-likeness (QED) is 0.0342. The van der Waals surface area contributed by atoms with Crippen LogP contribution >= 0.6 is 0 Å². The first kappa shape index (κ1) is 82.8. The van der Waals surface area contributed by atoms with Crippen molar-refractivity contribution < 1.29 is 98.8 Å². The van der Waals surface area contributed by atoms with Crippen molar-refractivity contribution in [2.45, 2.75) is 163 Å². The smallest absolute Gasteiger partial charge is 0.344 e. The maximum atomic E-state index is 13.6. The number of benzene rings is 8. The molecule has 0 spiro atoms. The fourth-order valence-corrected chi connectivity index (χ4v) is 11.6. The van der Waals surface area contributed by atoms with E-state index in [1.54, 1.807) is 223 Å². The first-order valence-corrected chi connectivity index (χ1v) is 37.0. The van der Waals surface area contributed by atoms with E-state index in [9.17, 15) is 37.2 Å². The van der Waals surface area contributed by atoms with Gasteiger partial charge in [-0.25, -0.2) is 37.2 Å². The molecule has 0 fully saturated rings. The van der Waals surface area contributed by atoms with Crippen LogP contribution in [0.15, 0.2) is 163 Å². The summed E-state index contributed by atoms with van der Waals surface area (Å²) in [6, 6.07) is 45.8. The van der Waals surface area contributed by atoms with Crippen LogP contribution in [0.25, 0.3) is 77.9 Å². The second kappa shape index (κ2) is 33.9. The topological polar surface area (TPSA) is 257 Å². The fraction of sp³-hybridized carbons (Fsp3) is 0.372. The molecule has 21 nitrogen and oxygen atoms in total.